The summed E-state index contributed by atoms with van der Waals surface area (Å²) in [5.74, 6) is 0.995. The molecule has 0 saturated heterocycles. The lowest BCUT2D eigenvalue weighted by molar-refractivity contribution is 0.306. The summed E-state index contributed by atoms with van der Waals surface area (Å²) in [5.41, 5.74) is 1.38. The Morgan fingerprint density at radius 2 is 1.81 bits per heavy atom. The molecule has 0 aliphatic carbocycles. The van der Waals surface area contributed by atoms with Crippen LogP contribution in [0.2, 0.25) is 0 Å². The molecule has 89 valence electrons. The van der Waals surface area contributed by atoms with E-state index in [1.165, 1.54) is 18.4 Å². The van der Waals surface area contributed by atoms with E-state index >= 15 is 0 Å². The molecule has 0 N–H and O–H groups in total. The van der Waals surface area contributed by atoms with Gasteiger partial charge in [0.1, 0.15) is 5.75 Å². The third-order valence-corrected chi connectivity index (χ3v) is 2.66. The first-order chi connectivity index (χ1) is 7.86. The molecule has 1 nitrogen and oxygen atoms in total. The first kappa shape index (κ1) is 13.1. The second kappa shape index (κ2) is 8.20. The zero-order chi connectivity index (χ0) is 11.6. The van der Waals surface area contributed by atoms with Crippen LogP contribution in [0.5, 0.6) is 5.75 Å². The molecule has 1 aromatic rings. The van der Waals surface area contributed by atoms with Crippen LogP contribution in [0.1, 0.15) is 44.6 Å². The van der Waals surface area contributed by atoms with Gasteiger partial charge in [-0.15, -0.1) is 0 Å². The Morgan fingerprint density at radius 1 is 1.06 bits per heavy atom. The molecule has 0 fully saturated rings. The van der Waals surface area contributed by atoms with Crippen LogP contribution in [0.25, 0.3) is 0 Å². The maximum atomic E-state index is 5.66. The van der Waals surface area contributed by atoms with Gasteiger partial charge in [-0.2, -0.15) is 0 Å². The summed E-state index contributed by atoms with van der Waals surface area (Å²) in [7, 11) is 0. The number of ether oxygens (including phenoxy) is 1. The monoisotopic (exact) mass is 219 g/mol. The van der Waals surface area contributed by atoms with Crippen molar-refractivity contribution in [2.75, 3.05) is 6.61 Å². The highest BCUT2D eigenvalue weighted by Crippen LogP contribution is 2.14. The van der Waals surface area contributed by atoms with Crippen LogP contribution in [0.15, 0.2) is 24.3 Å². The number of rotatable bonds is 8. The molecule has 0 bridgehead atoms. The number of aryl methyl sites for hydroxylation is 1. The lowest BCUT2D eigenvalue weighted by Gasteiger charge is -2.06. The van der Waals surface area contributed by atoms with E-state index < -0.39 is 0 Å². The van der Waals surface area contributed by atoms with Gasteiger partial charge in [0.15, 0.2) is 0 Å². The van der Waals surface area contributed by atoms with Gasteiger partial charge in [0.05, 0.1) is 6.61 Å². The Morgan fingerprint density at radius 3 is 2.44 bits per heavy atom. The van der Waals surface area contributed by atoms with Crippen molar-refractivity contribution in [1.82, 2.24) is 0 Å². The standard InChI is InChI=1S/C15H23O/c1-3-5-7-13-16-15-11-9-14(10-12-15)8-6-4-2/h9-12H,2-8,13H2,1H3. The van der Waals surface area contributed by atoms with E-state index in [1.807, 2.05) is 0 Å². The molecule has 0 saturated carbocycles. The van der Waals surface area contributed by atoms with Gasteiger partial charge in [0.2, 0.25) is 0 Å². The number of benzene rings is 1. The van der Waals surface area contributed by atoms with Gasteiger partial charge < -0.3 is 4.74 Å². The van der Waals surface area contributed by atoms with Crippen molar-refractivity contribution in [1.29, 1.82) is 0 Å². The molecular weight excluding hydrogens is 196 g/mol. The molecule has 1 radical (unpaired) electrons. The minimum absolute atomic E-state index is 0.839. The number of hydrogen-bond acceptors (Lipinski definition) is 1. The molecular formula is C15H23O. The Labute approximate surface area is 99.8 Å². The van der Waals surface area contributed by atoms with Crippen molar-refractivity contribution >= 4 is 0 Å². The van der Waals surface area contributed by atoms with Crippen molar-refractivity contribution in [3.63, 3.8) is 0 Å². The van der Waals surface area contributed by atoms with Crippen LogP contribution < -0.4 is 4.74 Å². The lowest BCUT2D eigenvalue weighted by atomic mass is 10.1. The van der Waals surface area contributed by atoms with Gasteiger partial charge in [0, 0.05) is 0 Å². The maximum absolute atomic E-state index is 5.66. The van der Waals surface area contributed by atoms with E-state index in [4.69, 9.17) is 4.74 Å². The van der Waals surface area contributed by atoms with Gasteiger partial charge in [-0.3, -0.25) is 0 Å². The summed E-state index contributed by atoms with van der Waals surface area (Å²) < 4.78 is 5.66. The zero-order valence-corrected chi connectivity index (χ0v) is 10.4. The van der Waals surface area contributed by atoms with E-state index in [0.717, 1.165) is 38.0 Å². The molecule has 1 aromatic carbocycles. The van der Waals surface area contributed by atoms with Crippen LogP contribution in [-0.4, -0.2) is 6.61 Å². The molecule has 0 atom stereocenters. The topological polar surface area (TPSA) is 9.23 Å². The van der Waals surface area contributed by atoms with Crippen LogP contribution in [0.3, 0.4) is 0 Å². The lowest BCUT2D eigenvalue weighted by Crippen LogP contribution is -1.97. The van der Waals surface area contributed by atoms with E-state index in [2.05, 4.69) is 38.1 Å². The predicted molar refractivity (Wildman–Crippen MR) is 69.8 cm³/mol. The van der Waals surface area contributed by atoms with Gasteiger partial charge >= 0.3 is 0 Å². The van der Waals surface area contributed by atoms with Gasteiger partial charge in [-0.25, -0.2) is 0 Å². The Kier molecular flexibility index (Phi) is 6.71. The summed E-state index contributed by atoms with van der Waals surface area (Å²) >= 11 is 0. The van der Waals surface area contributed by atoms with Crippen LogP contribution >= 0.6 is 0 Å². The summed E-state index contributed by atoms with van der Waals surface area (Å²) in [4.78, 5) is 0. The minimum atomic E-state index is 0.839. The third-order valence-electron chi connectivity index (χ3n) is 2.66. The average Bonchev–Trinajstić information content (AvgIpc) is 2.33. The summed E-state index contributed by atoms with van der Waals surface area (Å²) in [6.07, 6.45) is 6.94. The molecule has 0 aliphatic rings. The van der Waals surface area contributed by atoms with E-state index in [9.17, 15) is 0 Å². The van der Waals surface area contributed by atoms with Crippen molar-refractivity contribution in [3.8, 4) is 5.75 Å². The maximum Gasteiger partial charge on any atom is 0.119 e. The van der Waals surface area contributed by atoms with Crippen LogP contribution in [-0.2, 0) is 6.42 Å². The molecule has 1 rings (SSSR count). The fourth-order valence-electron chi connectivity index (χ4n) is 1.62. The van der Waals surface area contributed by atoms with E-state index in [1.54, 1.807) is 0 Å². The largest absolute Gasteiger partial charge is 0.494 e. The molecule has 1 heteroatoms. The summed E-state index contributed by atoms with van der Waals surface area (Å²) in [6, 6.07) is 8.46. The fraction of sp³-hybridized carbons (Fsp3) is 0.533. The summed E-state index contributed by atoms with van der Waals surface area (Å²) in [5, 5.41) is 0. The molecule has 16 heavy (non-hydrogen) atoms. The second-order valence-corrected chi connectivity index (χ2v) is 4.16. The summed E-state index contributed by atoms with van der Waals surface area (Å²) in [6.45, 7) is 6.90. The van der Waals surface area contributed by atoms with Crippen molar-refractivity contribution < 1.29 is 4.74 Å². The Bertz CT molecular complexity index is 263. The molecule has 0 spiro atoms. The van der Waals surface area contributed by atoms with Crippen molar-refractivity contribution in [2.24, 2.45) is 0 Å². The second-order valence-electron chi connectivity index (χ2n) is 4.16. The Balaban J connectivity index is 2.27. The molecule has 0 unspecified atom stereocenters. The van der Waals surface area contributed by atoms with Gasteiger partial charge in [-0.05, 0) is 37.0 Å². The first-order valence-corrected chi connectivity index (χ1v) is 6.37. The van der Waals surface area contributed by atoms with Crippen molar-refractivity contribution in [2.45, 2.75) is 45.4 Å². The predicted octanol–water partition coefficient (Wildman–Crippen LogP) is 4.41. The molecule has 0 aromatic heterocycles. The molecule has 0 amide bonds. The normalized spacial score (nSPS) is 10.4. The highest BCUT2D eigenvalue weighted by molar-refractivity contribution is 5.27. The third kappa shape index (κ3) is 5.20. The van der Waals surface area contributed by atoms with Crippen molar-refractivity contribution in [3.05, 3.63) is 36.8 Å². The molecule has 0 aliphatic heterocycles. The van der Waals surface area contributed by atoms with Crippen LogP contribution in [0.4, 0.5) is 0 Å². The fourth-order valence-corrected chi connectivity index (χ4v) is 1.62. The smallest absolute Gasteiger partial charge is 0.119 e. The first-order valence-electron chi connectivity index (χ1n) is 6.37. The molecule has 0 heterocycles. The quantitative estimate of drug-likeness (QED) is 0.588. The zero-order valence-electron chi connectivity index (χ0n) is 10.4. The Hall–Kier alpha value is -0.980. The number of hydrogen-bond donors (Lipinski definition) is 0. The van der Waals surface area contributed by atoms with E-state index in [0.29, 0.717) is 0 Å². The van der Waals surface area contributed by atoms with Gasteiger partial charge in [-0.1, -0.05) is 45.2 Å². The average molecular weight is 219 g/mol. The number of unbranched alkanes of at least 4 members (excludes halogenated alkanes) is 3. The minimum Gasteiger partial charge on any atom is -0.494 e. The highest BCUT2D eigenvalue weighted by atomic mass is 16.5. The van der Waals surface area contributed by atoms with Gasteiger partial charge in [0.25, 0.3) is 0 Å². The highest BCUT2D eigenvalue weighted by Gasteiger charge is 1.95. The van der Waals surface area contributed by atoms with Crippen LogP contribution in [0, 0.1) is 6.92 Å². The van der Waals surface area contributed by atoms with E-state index in [-0.39, 0.29) is 0 Å². The SMILES string of the molecule is [CH2]CCCc1ccc(OCCCCC)cc1.